The highest BCUT2D eigenvalue weighted by Gasteiger charge is 2.27. The first-order valence-electron chi connectivity index (χ1n) is 6.14. The van der Waals surface area contributed by atoms with Crippen molar-refractivity contribution in [3.05, 3.63) is 22.7 Å². The molecule has 0 spiro atoms. The van der Waals surface area contributed by atoms with E-state index >= 15 is 0 Å². The van der Waals surface area contributed by atoms with Crippen molar-refractivity contribution in [1.82, 2.24) is 4.72 Å². The Morgan fingerprint density at radius 3 is 2.85 bits per heavy atom. The number of ether oxygens (including phenoxy) is 1. The normalized spacial score (nSPS) is 19.2. The zero-order valence-corrected chi connectivity index (χ0v) is 13.4. The first-order chi connectivity index (χ1) is 9.47. The van der Waals surface area contributed by atoms with Crippen LogP contribution in [0.3, 0.4) is 0 Å². The van der Waals surface area contributed by atoms with Crippen LogP contribution in [0.1, 0.15) is 12.0 Å². The fraction of sp³-hybridized carbons (Fsp3) is 0.500. The number of thioether (sulfide) groups is 1. The maximum absolute atomic E-state index is 12.5. The lowest BCUT2D eigenvalue weighted by Crippen LogP contribution is -2.35. The summed E-state index contributed by atoms with van der Waals surface area (Å²) in [7, 11) is -2.25. The molecule has 1 atom stereocenters. The second-order valence-electron chi connectivity index (χ2n) is 4.48. The van der Waals surface area contributed by atoms with E-state index < -0.39 is 10.0 Å². The highest BCUT2D eigenvalue weighted by atomic mass is 35.5. The van der Waals surface area contributed by atoms with Gasteiger partial charge in [-0.15, -0.1) is 0 Å². The van der Waals surface area contributed by atoms with Gasteiger partial charge < -0.3 is 10.5 Å². The van der Waals surface area contributed by atoms with Crippen LogP contribution in [0.2, 0.25) is 5.02 Å². The lowest BCUT2D eigenvalue weighted by atomic mass is 10.2. The molecule has 0 saturated carbocycles. The quantitative estimate of drug-likeness (QED) is 0.853. The molecule has 0 aromatic heterocycles. The standard InChI is InChI=1S/C12H17ClN2O3S2/c1-18-12-8(6-14)4-9(13)5-11(12)20(16,17)15-10-2-3-19-7-10/h4-5,10,15H,2-3,6-7,14H2,1H3. The molecule has 2 rings (SSSR count). The molecule has 1 fully saturated rings. The highest BCUT2D eigenvalue weighted by molar-refractivity contribution is 7.99. The van der Waals surface area contributed by atoms with Gasteiger partial charge in [-0.05, 0) is 24.3 Å². The van der Waals surface area contributed by atoms with Crippen LogP contribution in [0.15, 0.2) is 17.0 Å². The van der Waals surface area contributed by atoms with E-state index in [1.54, 1.807) is 17.8 Å². The van der Waals surface area contributed by atoms with Crippen LogP contribution in [-0.2, 0) is 16.6 Å². The van der Waals surface area contributed by atoms with Crippen molar-refractivity contribution in [3.8, 4) is 5.75 Å². The Morgan fingerprint density at radius 2 is 2.30 bits per heavy atom. The minimum Gasteiger partial charge on any atom is -0.495 e. The third-order valence-electron chi connectivity index (χ3n) is 3.06. The van der Waals surface area contributed by atoms with E-state index in [0.29, 0.717) is 10.6 Å². The van der Waals surface area contributed by atoms with E-state index in [1.807, 2.05) is 0 Å². The zero-order valence-electron chi connectivity index (χ0n) is 11.1. The number of sulfonamides is 1. The molecule has 112 valence electrons. The summed E-state index contributed by atoms with van der Waals surface area (Å²) in [6.07, 6.45) is 0.830. The highest BCUT2D eigenvalue weighted by Crippen LogP contribution is 2.32. The van der Waals surface area contributed by atoms with Gasteiger partial charge in [-0.1, -0.05) is 11.6 Å². The Morgan fingerprint density at radius 1 is 1.55 bits per heavy atom. The second-order valence-corrected chi connectivity index (χ2v) is 7.75. The first-order valence-corrected chi connectivity index (χ1v) is 9.16. The van der Waals surface area contributed by atoms with Crippen molar-refractivity contribution in [2.45, 2.75) is 23.9 Å². The molecule has 1 heterocycles. The van der Waals surface area contributed by atoms with Crippen molar-refractivity contribution in [2.75, 3.05) is 18.6 Å². The minimum atomic E-state index is -3.67. The average molecular weight is 337 g/mol. The zero-order chi connectivity index (χ0) is 14.8. The third-order valence-corrected chi connectivity index (χ3v) is 5.97. The molecular formula is C12H17ClN2O3S2. The van der Waals surface area contributed by atoms with E-state index in [2.05, 4.69) is 4.72 Å². The number of nitrogens with one attached hydrogen (secondary N) is 1. The van der Waals surface area contributed by atoms with Crippen molar-refractivity contribution in [1.29, 1.82) is 0 Å². The molecule has 0 bridgehead atoms. The monoisotopic (exact) mass is 336 g/mol. The Balaban J connectivity index is 2.41. The molecule has 20 heavy (non-hydrogen) atoms. The van der Waals surface area contributed by atoms with Crippen LogP contribution in [0.25, 0.3) is 0 Å². The van der Waals surface area contributed by atoms with Crippen LogP contribution >= 0.6 is 23.4 Å². The Kier molecular flexibility index (Phi) is 5.19. The Bertz CT molecular complexity index is 587. The maximum atomic E-state index is 12.5. The third kappa shape index (κ3) is 3.40. The summed E-state index contributed by atoms with van der Waals surface area (Å²) in [5.41, 5.74) is 6.18. The van der Waals surface area contributed by atoms with Crippen LogP contribution in [0.4, 0.5) is 0 Å². The van der Waals surface area contributed by atoms with E-state index in [-0.39, 0.29) is 23.2 Å². The maximum Gasteiger partial charge on any atom is 0.244 e. The van der Waals surface area contributed by atoms with Crippen LogP contribution in [-0.4, -0.2) is 33.1 Å². The van der Waals surface area contributed by atoms with Gasteiger partial charge in [-0.3, -0.25) is 0 Å². The summed E-state index contributed by atoms with van der Waals surface area (Å²) in [4.78, 5) is 0.0462. The van der Waals surface area contributed by atoms with Gasteiger partial charge in [0.1, 0.15) is 10.6 Å². The molecule has 8 heteroatoms. The van der Waals surface area contributed by atoms with Crippen molar-refractivity contribution in [3.63, 3.8) is 0 Å². The fourth-order valence-corrected chi connectivity index (χ4v) is 5.19. The average Bonchev–Trinajstić information content (AvgIpc) is 2.89. The molecule has 0 aliphatic carbocycles. The van der Waals surface area contributed by atoms with E-state index in [9.17, 15) is 8.42 Å². The summed E-state index contributed by atoms with van der Waals surface area (Å²) in [5.74, 6) is 2.01. The topological polar surface area (TPSA) is 81.4 Å². The molecule has 1 saturated heterocycles. The molecule has 3 N–H and O–H groups in total. The van der Waals surface area contributed by atoms with Gasteiger partial charge in [0.2, 0.25) is 10.0 Å². The number of hydrogen-bond donors (Lipinski definition) is 2. The SMILES string of the molecule is COc1c(CN)cc(Cl)cc1S(=O)(=O)NC1CCSC1. The van der Waals surface area contributed by atoms with Crippen molar-refractivity contribution in [2.24, 2.45) is 5.73 Å². The van der Waals surface area contributed by atoms with E-state index in [1.165, 1.54) is 13.2 Å². The summed E-state index contributed by atoms with van der Waals surface area (Å²) in [5, 5.41) is 0.326. The summed E-state index contributed by atoms with van der Waals surface area (Å²) in [6.45, 7) is 0.158. The van der Waals surface area contributed by atoms with Gasteiger partial charge >= 0.3 is 0 Å². The van der Waals surface area contributed by atoms with Gasteiger partial charge in [0, 0.05) is 28.9 Å². The number of methoxy groups -OCH3 is 1. The van der Waals surface area contributed by atoms with Gasteiger partial charge in [-0.25, -0.2) is 13.1 Å². The molecule has 1 aromatic rings. The summed E-state index contributed by atoms with van der Waals surface area (Å²) >= 11 is 7.71. The predicted octanol–water partition coefficient (Wildman–Crippen LogP) is 1.59. The molecule has 5 nitrogen and oxygen atoms in total. The number of nitrogens with two attached hydrogens (primary N) is 1. The first kappa shape index (κ1) is 15.9. The summed E-state index contributed by atoms with van der Waals surface area (Å²) in [6, 6.07) is 2.96. The van der Waals surface area contributed by atoms with Crippen LogP contribution in [0, 0.1) is 0 Å². The number of benzene rings is 1. The molecule has 1 unspecified atom stereocenters. The number of halogens is 1. The molecule has 1 aliphatic rings. The Hall–Kier alpha value is -0.470. The molecule has 1 aromatic carbocycles. The minimum absolute atomic E-state index is 0.0462. The molecular weight excluding hydrogens is 320 g/mol. The van der Waals surface area contributed by atoms with E-state index in [0.717, 1.165) is 17.9 Å². The van der Waals surface area contributed by atoms with Gasteiger partial charge in [0.25, 0.3) is 0 Å². The van der Waals surface area contributed by atoms with E-state index in [4.69, 9.17) is 22.1 Å². The molecule has 0 radical (unpaired) electrons. The largest absolute Gasteiger partial charge is 0.495 e. The van der Waals surface area contributed by atoms with Gasteiger partial charge in [0.15, 0.2) is 0 Å². The summed E-state index contributed by atoms with van der Waals surface area (Å²) < 4.78 is 32.9. The predicted molar refractivity (Wildman–Crippen MR) is 81.9 cm³/mol. The lowest BCUT2D eigenvalue weighted by molar-refractivity contribution is 0.397. The number of rotatable bonds is 5. The lowest BCUT2D eigenvalue weighted by Gasteiger charge is -2.16. The Labute approximate surface area is 128 Å². The van der Waals surface area contributed by atoms with Crippen molar-refractivity contribution < 1.29 is 13.2 Å². The smallest absolute Gasteiger partial charge is 0.244 e. The number of hydrogen-bond acceptors (Lipinski definition) is 5. The van der Waals surface area contributed by atoms with Crippen LogP contribution in [0.5, 0.6) is 5.75 Å². The van der Waals surface area contributed by atoms with Crippen molar-refractivity contribution >= 4 is 33.4 Å². The van der Waals surface area contributed by atoms with Crippen LogP contribution < -0.4 is 15.2 Å². The molecule has 1 aliphatic heterocycles. The molecule has 0 amide bonds. The van der Waals surface area contributed by atoms with Gasteiger partial charge in [0.05, 0.1) is 7.11 Å². The fourth-order valence-electron chi connectivity index (χ4n) is 2.12. The van der Waals surface area contributed by atoms with Gasteiger partial charge in [-0.2, -0.15) is 11.8 Å². The second kappa shape index (κ2) is 6.53.